The van der Waals surface area contributed by atoms with Gasteiger partial charge in [-0.1, -0.05) is 13.1 Å². The fourth-order valence-corrected chi connectivity index (χ4v) is 0. The molecule has 0 nitrogen and oxygen atoms in total. The van der Waals surface area contributed by atoms with Crippen LogP contribution in [0, 0.1) is 12.0 Å². The summed E-state index contributed by atoms with van der Waals surface area (Å²) in [5.41, 5.74) is 2.63. The number of hydrogen-bond donors (Lipinski definition) is 0. The van der Waals surface area contributed by atoms with Crippen LogP contribution < -0.4 is 0 Å². The molecule has 0 amide bonds. The van der Waals surface area contributed by atoms with Crippen LogP contribution in [0.5, 0.6) is 0 Å². The Hall–Kier alpha value is 0.576. The van der Waals surface area contributed by atoms with Crippen LogP contribution in [0.1, 0.15) is 0 Å². The first-order valence-electron chi connectivity index (χ1n) is 3.04. The topological polar surface area (TPSA) is 0 Å². The Labute approximate surface area is 68.4 Å². The molecule has 0 fully saturated rings. The molecule has 0 aromatic rings. The van der Waals surface area contributed by atoms with E-state index in [4.69, 9.17) is 6.42 Å². The van der Waals surface area contributed by atoms with E-state index in [1.807, 2.05) is 0 Å². The van der Waals surface area contributed by atoms with Crippen LogP contribution in [-0.4, -0.2) is 28.6 Å². The van der Waals surface area contributed by atoms with Gasteiger partial charge < -0.3 is 0 Å². The van der Waals surface area contributed by atoms with Gasteiger partial charge in [-0.05, 0) is 0 Å². The number of rotatable bonds is 0. The van der Waals surface area contributed by atoms with Crippen molar-refractivity contribution >= 4 is 28.6 Å². The average molecular weight is 247 g/mol. The Morgan fingerprint density at radius 2 is 1.33 bits per heavy atom. The van der Waals surface area contributed by atoms with Crippen molar-refractivity contribution in [2.75, 3.05) is 0 Å². The van der Waals surface area contributed by atoms with Crippen LogP contribution in [0.2, 0.25) is 27.9 Å². The molecule has 52 valence electrons. The fraction of sp³-hybridized carbons (Fsp3) is 0.714. The van der Waals surface area contributed by atoms with Gasteiger partial charge in [0.05, 0.1) is 0 Å². The second-order valence-corrected chi connectivity index (χ2v) is 13.5. The van der Waals surface area contributed by atoms with Gasteiger partial charge in [0, 0.05) is 0 Å². The molecule has 9 heavy (non-hydrogen) atoms. The Bertz CT molecular complexity index is 78.7. The molecule has 0 aliphatic heterocycles. The van der Waals surface area contributed by atoms with Gasteiger partial charge in [0.2, 0.25) is 0 Å². The number of terminal acetylenes is 1. The third kappa shape index (κ3) is 55.9. The van der Waals surface area contributed by atoms with Gasteiger partial charge in [0.1, 0.15) is 8.80 Å². The first-order valence-corrected chi connectivity index (χ1v) is 14.1. The summed E-state index contributed by atoms with van der Waals surface area (Å²) in [6.07, 6.45) is 4.97. The van der Waals surface area contributed by atoms with E-state index >= 15 is 0 Å². The summed E-state index contributed by atoms with van der Waals surface area (Å²) in [5, 5.41) is 0. The van der Waals surface area contributed by atoms with E-state index in [1.165, 1.54) is 0 Å². The first-order chi connectivity index (χ1) is 4.00. The van der Waals surface area contributed by atoms with E-state index in [0.29, 0.717) is 0 Å². The first kappa shape index (κ1) is 12.3. The van der Waals surface area contributed by atoms with E-state index in [2.05, 4.69) is 33.5 Å². The Morgan fingerprint density at radius 3 is 1.33 bits per heavy atom. The normalized spacial score (nSPS) is 8.22. The van der Waals surface area contributed by atoms with Gasteiger partial charge in [-0.2, -0.15) is 0 Å². The molecular weight excluding hydrogens is 231 g/mol. The summed E-state index contributed by atoms with van der Waals surface area (Å²) >= 11 is -0.543. The van der Waals surface area contributed by atoms with Crippen molar-refractivity contribution in [2.24, 2.45) is 0 Å². The SMILES string of the molecule is C#C[Si](C)C.[CH3][Sn]([CH3])[CH3]. The molecule has 0 N–H and O–H groups in total. The van der Waals surface area contributed by atoms with Crippen LogP contribution in [0.25, 0.3) is 0 Å². The van der Waals surface area contributed by atoms with E-state index in [0.717, 1.165) is 0 Å². The van der Waals surface area contributed by atoms with Crippen LogP contribution in [-0.2, 0) is 0 Å². The third-order valence-corrected chi connectivity index (χ3v) is 0.866. The van der Waals surface area contributed by atoms with Crippen LogP contribution >= 0.6 is 0 Å². The average Bonchev–Trinajstić information content (AvgIpc) is 1.65. The molecular formula is C7H16SiSn. The molecule has 0 aromatic heterocycles. The van der Waals surface area contributed by atoms with Crippen molar-refractivity contribution in [1.82, 2.24) is 0 Å². The molecule has 2 radical (unpaired) electrons. The molecule has 0 saturated heterocycles. The predicted octanol–water partition coefficient (Wildman–Crippen LogP) is 2.28. The van der Waals surface area contributed by atoms with Gasteiger partial charge in [0.25, 0.3) is 0 Å². The molecule has 2 heteroatoms. The molecule has 0 rings (SSSR count). The molecule has 0 heterocycles. The van der Waals surface area contributed by atoms with Crippen molar-refractivity contribution in [1.29, 1.82) is 0 Å². The second kappa shape index (κ2) is 8.58. The van der Waals surface area contributed by atoms with Gasteiger partial charge in [-0.3, -0.25) is 0 Å². The zero-order valence-corrected chi connectivity index (χ0v) is 10.9. The van der Waals surface area contributed by atoms with E-state index in [-0.39, 0.29) is 8.80 Å². The number of hydrogen-bond acceptors (Lipinski definition) is 0. The van der Waals surface area contributed by atoms with Crippen LogP contribution in [0.15, 0.2) is 0 Å². The summed E-state index contributed by atoms with van der Waals surface area (Å²) in [4.78, 5) is 7.09. The molecule has 0 atom stereocenters. The molecule has 0 saturated carbocycles. The minimum absolute atomic E-state index is 0.346. The van der Waals surface area contributed by atoms with Crippen LogP contribution in [0.4, 0.5) is 0 Å². The van der Waals surface area contributed by atoms with Gasteiger partial charge in [-0.25, -0.2) is 0 Å². The van der Waals surface area contributed by atoms with Crippen molar-refractivity contribution < 1.29 is 0 Å². The van der Waals surface area contributed by atoms with E-state index in [9.17, 15) is 0 Å². The summed E-state index contributed by atoms with van der Waals surface area (Å²) in [7, 11) is -0.346. The summed E-state index contributed by atoms with van der Waals surface area (Å²) < 4.78 is 0. The zero-order valence-electron chi connectivity index (χ0n) is 7.08. The molecule has 0 aromatic carbocycles. The summed E-state index contributed by atoms with van der Waals surface area (Å²) in [6, 6.07) is 0. The van der Waals surface area contributed by atoms with Gasteiger partial charge >= 0.3 is 34.6 Å². The minimum atomic E-state index is -0.543. The molecule has 0 aliphatic carbocycles. The van der Waals surface area contributed by atoms with Crippen LogP contribution in [0.3, 0.4) is 0 Å². The molecule has 0 bridgehead atoms. The van der Waals surface area contributed by atoms with Crippen molar-refractivity contribution in [2.45, 2.75) is 27.9 Å². The molecule has 0 spiro atoms. The Kier molecular flexibility index (Phi) is 11.7. The quantitative estimate of drug-likeness (QED) is 0.455. The zero-order chi connectivity index (χ0) is 7.86. The van der Waals surface area contributed by atoms with E-state index < -0.39 is 19.8 Å². The predicted molar refractivity (Wildman–Crippen MR) is 49.7 cm³/mol. The monoisotopic (exact) mass is 248 g/mol. The summed E-state index contributed by atoms with van der Waals surface area (Å²) in [6.45, 7) is 4.18. The fourth-order valence-electron chi connectivity index (χ4n) is 0. The standard InChI is InChI=1S/C4H7Si.3CH3.Sn/c1-4-5(2)3;;;;/h1H,2-3H3;3*1H3;. The summed E-state index contributed by atoms with van der Waals surface area (Å²) in [5.74, 6) is 0. The third-order valence-electron chi connectivity index (χ3n) is 0.289. The van der Waals surface area contributed by atoms with Crippen molar-refractivity contribution in [3.8, 4) is 12.0 Å². The molecule has 0 aliphatic rings. The van der Waals surface area contributed by atoms with Crippen molar-refractivity contribution in [3.05, 3.63) is 0 Å². The molecule has 0 unspecified atom stereocenters. The Morgan fingerprint density at radius 1 is 1.22 bits per heavy atom. The Balaban J connectivity index is 0. The van der Waals surface area contributed by atoms with Gasteiger partial charge in [-0.15, -0.1) is 12.0 Å². The van der Waals surface area contributed by atoms with Crippen molar-refractivity contribution in [3.63, 3.8) is 0 Å². The maximum absolute atomic E-state index is 4.97. The van der Waals surface area contributed by atoms with Gasteiger partial charge in [0.15, 0.2) is 0 Å². The second-order valence-electron chi connectivity index (χ2n) is 2.64. The maximum atomic E-state index is 4.97. The van der Waals surface area contributed by atoms with E-state index in [1.54, 1.807) is 0 Å².